The minimum atomic E-state index is -6.34. The van der Waals surface area contributed by atoms with Crippen molar-refractivity contribution in [1.29, 1.82) is 0 Å². The van der Waals surface area contributed by atoms with Gasteiger partial charge in [-0.05, 0) is 49.2 Å². The van der Waals surface area contributed by atoms with Gasteiger partial charge < -0.3 is 30.8 Å². The van der Waals surface area contributed by atoms with E-state index in [-0.39, 0.29) is 102 Å². The van der Waals surface area contributed by atoms with Crippen LogP contribution >= 0.6 is 0 Å². The quantitative estimate of drug-likeness (QED) is 0.0294. The predicted octanol–water partition coefficient (Wildman–Crippen LogP) is 0.688. The van der Waals surface area contributed by atoms with Crippen molar-refractivity contribution in [2.75, 3.05) is 77.1 Å². The fraction of sp³-hybridized carbons (Fsp3) is 0.656. The van der Waals surface area contributed by atoms with Crippen LogP contribution in [-0.4, -0.2) is 163 Å². The number of alkyl halides is 12. The van der Waals surface area contributed by atoms with Crippen LogP contribution < -0.4 is 64.4 Å². The number of hydrogen-bond acceptors (Lipinski definition) is 13. The second kappa shape index (κ2) is 39.2. The summed E-state index contributed by atoms with van der Waals surface area (Å²) in [6, 6.07) is -13.4. The van der Waals surface area contributed by atoms with Gasteiger partial charge in [0.2, 0.25) is 23.7 Å². The van der Waals surface area contributed by atoms with Crippen LogP contribution in [-0.2, 0) is 38.3 Å². The molecule has 0 heterocycles. The minimum absolute atomic E-state index is 0. The number of hydrogen-bond donors (Lipinski definition) is 0. The molecule has 66 heavy (non-hydrogen) atoms. The van der Waals surface area contributed by atoms with E-state index in [0.717, 1.165) is 20.6 Å². The SMILES string of the molecule is C.C=C(C)C(=O)OC.CN(C)C(F)(F)C(F)(C(=O)F)C(F)(F)F.CN(C)C(F)(F)C(F)C(=O)C(F)=C(F)F.CN(C)C(F)=C(F)C(F)(F)F.COC(=O)C(C)CN(C)C.F.O=CO[O-].[H-].[Na+].[Na+]. The molecule has 0 aromatic heterocycles. The molecule has 34 heteroatoms. The molecule has 0 aromatic rings. The molecule has 0 rings (SSSR count). The molecule has 0 saturated heterocycles. The monoisotopic (exact) mass is 1040 g/mol. The number of halogens is 19. The maximum absolute atomic E-state index is 12.8. The van der Waals surface area contributed by atoms with Crippen molar-refractivity contribution in [3.8, 4) is 0 Å². The molecule has 0 bridgehead atoms. The molecular formula is C32H49F19N4Na2O9. The van der Waals surface area contributed by atoms with E-state index in [9.17, 15) is 98.2 Å². The number of Topliss-reactive ketones (excluding diaryl/α,β-unsaturated/α-hetero) is 1. The van der Waals surface area contributed by atoms with Crippen molar-refractivity contribution in [3.05, 3.63) is 35.8 Å². The van der Waals surface area contributed by atoms with Crippen molar-refractivity contribution >= 4 is 30.2 Å². The molecule has 0 aliphatic carbocycles. The van der Waals surface area contributed by atoms with Gasteiger partial charge in [-0.25, -0.2) is 23.4 Å². The Bertz CT molecular complexity index is 1490. The second-order valence-electron chi connectivity index (χ2n) is 11.8. The molecule has 0 aromatic carbocycles. The van der Waals surface area contributed by atoms with Crippen molar-refractivity contribution in [2.24, 2.45) is 5.92 Å². The van der Waals surface area contributed by atoms with Crippen LogP contribution in [0.1, 0.15) is 22.7 Å². The molecule has 0 saturated carbocycles. The summed E-state index contributed by atoms with van der Waals surface area (Å²) in [6.45, 7) is 7.37. The molecule has 13 nitrogen and oxygen atoms in total. The van der Waals surface area contributed by atoms with Crippen molar-refractivity contribution in [2.45, 2.75) is 57.6 Å². The number of allylic oxidation sites excluding steroid dienone is 2. The van der Waals surface area contributed by atoms with Gasteiger partial charge in [-0.1, -0.05) is 20.9 Å². The molecule has 3 unspecified atom stereocenters. The molecule has 0 spiro atoms. The maximum Gasteiger partial charge on any atom is 1.00 e. The van der Waals surface area contributed by atoms with Gasteiger partial charge in [0.25, 0.3) is 12.3 Å². The largest absolute Gasteiger partial charge is 1.00 e. The van der Waals surface area contributed by atoms with Gasteiger partial charge in [0.1, 0.15) is 0 Å². The van der Waals surface area contributed by atoms with Gasteiger partial charge in [-0.3, -0.25) is 23.9 Å². The van der Waals surface area contributed by atoms with Gasteiger partial charge in [-0.2, -0.15) is 70.2 Å². The zero-order valence-corrected chi connectivity index (χ0v) is 40.8. The predicted molar refractivity (Wildman–Crippen MR) is 187 cm³/mol. The molecule has 0 amide bonds. The van der Waals surface area contributed by atoms with Crippen molar-refractivity contribution in [1.82, 2.24) is 19.6 Å². The first-order valence-corrected chi connectivity index (χ1v) is 15.4. The third-order valence-electron chi connectivity index (χ3n) is 5.79. The average Bonchev–Trinajstić information content (AvgIpc) is 3.14. The summed E-state index contributed by atoms with van der Waals surface area (Å²) >= 11 is 0. The Labute approximate surface area is 412 Å². The first kappa shape index (κ1) is 86.5. The first-order chi connectivity index (χ1) is 27.4. The summed E-state index contributed by atoms with van der Waals surface area (Å²) in [6.07, 6.45) is -18.4. The molecular weight excluding hydrogens is 991 g/mol. The molecule has 0 aliphatic rings. The standard InChI is InChI=1S/C7H7F6NO.C7H15NO2.C6H6F7NO.C5H6F5N.C5H8O2.CH2O3.CH4.FH.2Na.H/c1-14(2)7(12,13)5(9)4(15)3(8)6(10)11;1-6(5-8(2)3)7(9)10-4;1-14(2)6(12,13)4(8,3(7)15)5(9,10)11;1-11(2)4(7)3(6)5(8,9)10;1-4(2)5(6)7-3;2-1-4-3;;;;;/h5H,1-2H3;6H,5H2,1-4H3;1-2H3;1-2H3;1H2,2-3H3;1,3H;1H4;1H;;;/q;;;;;;;;2*+1;-1/p-1. The topological polar surface area (TPSA) is 149 Å². The van der Waals surface area contributed by atoms with E-state index in [4.69, 9.17) is 10.1 Å². The average molecular weight is 1040 g/mol. The Morgan fingerprint density at radius 2 is 1.12 bits per heavy atom. The van der Waals surface area contributed by atoms with E-state index in [1.54, 1.807) is 6.92 Å². The summed E-state index contributed by atoms with van der Waals surface area (Å²) in [5, 5.41) is 8.43. The van der Waals surface area contributed by atoms with Gasteiger partial charge in [-0.15, -0.1) is 0 Å². The van der Waals surface area contributed by atoms with Crippen LogP contribution in [0, 0.1) is 5.92 Å². The maximum atomic E-state index is 12.8. The minimum Gasteiger partial charge on any atom is -1.00 e. The van der Waals surface area contributed by atoms with E-state index in [1.807, 2.05) is 25.9 Å². The molecule has 386 valence electrons. The van der Waals surface area contributed by atoms with E-state index >= 15 is 0 Å². The number of methoxy groups -OCH3 is 2. The van der Waals surface area contributed by atoms with Gasteiger partial charge in [0.05, 0.1) is 20.1 Å². The Hall–Kier alpha value is -2.72. The zero-order chi connectivity index (χ0) is 51.7. The third kappa shape index (κ3) is 32.9. The van der Waals surface area contributed by atoms with E-state index in [2.05, 4.69) is 20.9 Å². The Morgan fingerprint density at radius 1 is 0.758 bits per heavy atom. The van der Waals surface area contributed by atoms with Crippen LogP contribution in [0.5, 0.6) is 0 Å². The smallest absolute Gasteiger partial charge is 1.00 e. The normalized spacial score (nSPS) is 12.8. The molecule has 0 fully saturated rings. The fourth-order valence-electron chi connectivity index (χ4n) is 2.61. The number of ketones is 1. The fourth-order valence-corrected chi connectivity index (χ4v) is 2.61. The molecule has 3 atom stereocenters. The van der Waals surface area contributed by atoms with Crippen LogP contribution in [0.2, 0.25) is 0 Å². The van der Waals surface area contributed by atoms with Crippen molar-refractivity contribution in [3.63, 3.8) is 0 Å². The van der Waals surface area contributed by atoms with Gasteiger partial charge >= 0.3 is 113 Å². The number of esters is 2. The Morgan fingerprint density at radius 3 is 1.26 bits per heavy atom. The Balaban J connectivity index is -0.0000000636. The van der Waals surface area contributed by atoms with Crippen LogP contribution in [0.25, 0.3) is 0 Å². The summed E-state index contributed by atoms with van der Waals surface area (Å²) in [5.41, 5.74) is -5.42. The van der Waals surface area contributed by atoms with Gasteiger partial charge in [0.15, 0.2) is 0 Å². The number of rotatable bonds is 13. The van der Waals surface area contributed by atoms with Crippen molar-refractivity contribution < 1.29 is 188 Å². The molecule has 0 aliphatic heterocycles. The zero-order valence-electron chi connectivity index (χ0n) is 37.8. The van der Waals surface area contributed by atoms with E-state index < -0.39 is 76.7 Å². The van der Waals surface area contributed by atoms with Gasteiger partial charge in [0, 0.05) is 26.2 Å². The summed E-state index contributed by atoms with van der Waals surface area (Å²) in [7, 11) is 10.7. The number of carbonyl (C=O) groups is 5. The van der Waals surface area contributed by atoms with Crippen LogP contribution in [0.3, 0.4) is 0 Å². The van der Waals surface area contributed by atoms with Crippen LogP contribution in [0.4, 0.5) is 83.7 Å². The second-order valence-corrected chi connectivity index (χ2v) is 11.8. The number of carbonyl (C=O) groups excluding carboxylic acids is 5. The summed E-state index contributed by atoms with van der Waals surface area (Å²) < 4.78 is 226. The summed E-state index contributed by atoms with van der Waals surface area (Å²) in [5.74, 6) is -10.5. The number of ether oxygens (including phenoxy) is 2. The van der Waals surface area contributed by atoms with Crippen LogP contribution in [0.15, 0.2) is 35.8 Å². The third-order valence-corrected chi connectivity index (χ3v) is 5.79. The van der Waals surface area contributed by atoms with E-state index in [1.165, 1.54) is 14.2 Å². The molecule has 0 radical (unpaired) electrons. The molecule has 0 N–H and O–H groups in total. The first-order valence-electron chi connectivity index (χ1n) is 15.4. The number of nitrogens with zero attached hydrogens (tertiary/aromatic N) is 4. The Kier molecular flexibility index (Phi) is 51.3. The summed E-state index contributed by atoms with van der Waals surface area (Å²) in [4.78, 5) is 54.3. The van der Waals surface area contributed by atoms with E-state index in [0.29, 0.717) is 38.7 Å².